The third kappa shape index (κ3) is 5.23. The largest absolute Gasteiger partial charge is 0.328 e. The molecule has 8 heteroatoms. The Labute approximate surface area is 121 Å². The third-order valence-electron chi connectivity index (χ3n) is 2.02. The molecule has 4 nitrogen and oxygen atoms in total. The molecule has 1 rings (SSSR count). The maximum absolute atomic E-state index is 11.9. The van der Waals surface area contributed by atoms with E-state index >= 15 is 0 Å². The molecule has 0 fully saturated rings. The van der Waals surface area contributed by atoms with E-state index in [1.54, 1.807) is 13.0 Å². The van der Waals surface area contributed by atoms with Gasteiger partial charge in [-0.1, -0.05) is 0 Å². The molecule has 1 heterocycles. The Morgan fingerprint density at radius 1 is 1.59 bits per heavy atom. The molecule has 0 aliphatic carbocycles. The van der Waals surface area contributed by atoms with Crippen molar-refractivity contribution in [1.82, 2.24) is 4.72 Å². The highest BCUT2D eigenvalue weighted by atomic mass is 79.9. The van der Waals surface area contributed by atoms with Crippen LogP contribution < -0.4 is 10.5 Å². The summed E-state index contributed by atoms with van der Waals surface area (Å²) in [6.07, 6.45) is 0.629. The van der Waals surface area contributed by atoms with Crippen LogP contribution in [0.3, 0.4) is 0 Å². The lowest BCUT2D eigenvalue weighted by Crippen LogP contribution is -2.29. The van der Waals surface area contributed by atoms with E-state index in [1.807, 2.05) is 6.92 Å². The number of hydrogen-bond acceptors (Lipinski definition) is 4. The van der Waals surface area contributed by atoms with Crippen molar-refractivity contribution in [2.45, 2.75) is 31.2 Å². The van der Waals surface area contributed by atoms with Gasteiger partial charge in [-0.3, -0.25) is 0 Å². The van der Waals surface area contributed by atoms with Gasteiger partial charge in [0.2, 0.25) is 10.0 Å². The fourth-order valence-electron chi connectivity index (χ4n) is 1.20. The monoisotopic (exact) mass is 362 g/mol. The number of hydrogen-bond donors (Lipinski definition) is 2. The van der Waals surface area contributed by atoms with Gasteiger partial charge in [0.05, 0.1) is 8.68 Å². The van der Waals surface area contributed by atoms with Gasteiger partial charge in [-0.15, -0.1) is 23.7 Å². The van der Waals surface area contributed by atoms with Crippen LogP contribution in [0.4, 0.5) is 0 Å². The highest BCUT2D eigenvalue weighted by molar-refractivity contribution is 9.11. The molecule has 0 saturated carbocycles. The lowest BCUT2D eigenvalue weighted by molar-refractivity contribution is 0.571. The Morgan fingerprint density at radius 2 is 2.18 bits per heavy atom. The maximum atomic E-state index is 11.9. The molecule has 1 unspecified atom stereocenters. The van der Waals surface area contributed by atoms with Crippen LogP contribution in [0, 0.1) is 6.92 Å². The summed E-state index contributed by atoms with van der Waals surface area (Å²) in [5.74, 6) is 0. The van der Waals surface area contributed by atoms with Gasteiger partial charge >= 0.3 is 0 Å². The van der Waals surface area contributed by atoms with Crippen molar-refractivity contribution < 1.29 is 8.42 Å². The predicted molar refractivity (Wildman–Crippen MR) is 77.5 cm³/mol. The molecule has 0 bridgehead atoms. The average Bonchev–Trinajstić information content (AvgIpc) is 2.44. The summed E-state index contributed by atoms with van der Waals surface area (Å²) in [4.78, 5) is 1.12. The molecule has 100 valence electrons. The van der Waals surface area contributed by atoms with Crippen molar-refractivity contribution in [3.8, 4) is 0 Å². The fourth-order valence-corrected chi connectivity index (χ4v) is 4.66. The first-order chi connectivity index (χ1) is 7.33. The molecule has 0 spiro atoms. The van der Waals surface area contributed by atoms with Crippen LogP contribution in [-0.2, 0) is 10.0 Å². The molecule has 1 aromatic heterocycles. The van der Waals surface area contributed by atoms with Crippen molar-refractivity contribution in [1.29, 1.82) is 0 Å². The first-order valence-corrected chi connectivity index (χ1v) is 7.93. The van der Waals surface area contributed by atoms with Gasteiger partial charge in [-0.05, 0) is 42.3 Å². The molecule has 0 aliphatic heterocycles. The normalized spacial score (nSPS) is 13.2. The van der Waals surface area contributed by atoms with E-state index in [4.69, 9.17) is 5.73 Å². The van der Waals surface area contributed by atoms with Gasteiger partial charge in [0, 0.05) is 17.5 Å². The topological polar surface area (TPSA) is 72.2 Å². The molecule has 0 aromatic carbocycles. The second-order valence-corrected chi connectivity index (χ2v) is 8.01. The van der Waals surface area contributed by atoms with Crippen LogP contribution in [-0.4, -0.2) is 21.0 Å². The Kier molecular flexibility index (Phi) is 7.20. The van der Waals surface area contributed by atoms with Crippen LogP contribution >= 0.6 is 39.7 Å². The Hall–Kier alpha value is 0.340. The van der Waals surface area contributed by atoms with Gasteiger partial charge in [-0.25, -0.2) is 13.1 Å². The minimum atomic E-state index is -3.39. The van der Waals surface area contributed by atoms with Crippen molar-refractivity contribution in [3.05, 3.63) is 14.7 Å². The molecule has 17 heavy (non-hydrogen) atoms. The van der Waals surface area contributed by atoms with E-state index < -0.39 is 10.0 Å². The second kappa shape index (κ2) is 7.06. The van der Waals surface area contributed by atoms with Gasteiger partial charge in [0.25, 0.3) is 0 Å². The van der Waals surface area contributed by atoms with Gasteiger partial charge in [0.15, 0.2) is 0 Å². The Morgan fingerprint density at radius 3 is 2.59 bits per heavy atom. The average molecular weight is 364 g/mol. The summed E-state index contributed by atoms with van der Waals surface area (Å²) in [7, 11) is -3.39. The van der Waals surface area contributed by atoms with Crippen molar-refractivity contribution >= 4 is 49.7 Å². The van der Waals surface area contributed by atoms with Gasteiger partial charge < -0.3 is 5.73 Å². The first kappa shape index (κ1) is 17.3. The number of aryl methyl sites for hydroxylation is 1. The number of nitrogens with two attached hydrogens (primary N) is 1. The lowest BCUT2D eigenvalue weighted by Gasteiger charge is -2.07. The smallest absolute Gasteiger partial charge is 0.241 e. The fraction of sp³-hybridized carbons (Fsp3) is 0.556. The van der Waals surface area contributed by atoms with E-state index in [0.29, 0.717) is 17.9 Å². The Bertz CT molecular complexity index is 460. The number of rotatable bonds is 5. The summed E-state index contributed by atoms with van der Waals surface area (Å²) in [6, 6.07) is 1.62. The zero-order chi connectivity index (χ0) is 12.3. The summed E-state index contributed by atoms with van der Waals surface area (Å²) in [6.45, 7) is 4.00. The quantitative estimate of drug-likeness (QED) is 0.843. The van der Waals surface area contributed by atoms with Crippen molar-refractivity contribution in [2.24, 2.45) is 5.73 Å². The molecule has 0 radical (unpaired) electrons. The van der Waals surface area contributed by atoms with Crippen LogP contribution in [0.2, 0.25) is 0 Å². The highest BCUT2D eigenvalue weighted by Crippen LogP contribution is 2.29. The molecule has 1 aromatic rings. The van der Waals surface area contributed by atoms with Crippen LogP contribution in [0.25, 0.3) is 0 Å². The summed E-state index contributed by atoms with van der Waals surface area (Å²) in [5.41, 5.74) is 5.55. The van der Waals surface area contributed by atoms with E-state index in [0.717, 1.165) is 8.66 Å². The molecule has 0 aliphatic rings. The predicted octanol–water partition coefficient (Wildman–Crippen LogP) is 2.26. The van der Waals surface area contributed by atoms with E-state index in [-0.39, 0.29) is 18.4 Å². The van der Waals surface area contributed by atoms with E-state index in [2.05, 4.69) is 20.7 Å². The zero-order valence-corrected chi connectivity index (χ0v) is 13.6. The first-order valence-electron chi connectivity index (χ1n) is 4.84. The van der Waals surface area contributed by atoms with Gasteiger partial charge in [0.1, 0.15) is 0 Å². The number of halogens is 2. The maximum Gasteiger partial charge on any atom is 0.241 e. The molecular weight excluding hydrogens is 348 g/mol. The summed E-state index contributed by atoms with van der Waals surface area (Å²) in [5, 5.41) is 0. The summed E-state index contributed by atoms with van der Waals surface area (Å²) < 4.78 is 27.1. The van der Waals surface area contributed by atoms with Gasteiger partial charge in [-0.2, -0.15) is 0 Å². The van der Waals surface area contributed by atoms with E-state index in [9.17, 15) is 8.42 Å². The zero-order valence-electron chi connectivity index (χ0n) is 9.57. The molecule has 0 saturated heterocycles. The number of thiophene rings is 1. The molecule has 3 N–H and O–H groups in total. The van der Waals surface area contributed by atoms with Crippen molar-refractivity contribution in [2.75, 3.05) is 6.54 Å². The summed E-state index contributed by atoms with van der Waals surface area (Å²) >= 11 is 4.68. The second-order valence-electron chi connectivity index (χ2n) is 3.63. The lowest BCUT2D eigenvalue weighted by atomic mass is 10.3. The minimum absolute atomic E-state index is 0. The SMILES string of the molecule is Cc1sc(Br)cc1S(=O)(=O)NCCC(C)N.Cl. The van der Waals surface area contributed by atoms with Crippen LogP contribution in [0.15, 0.2) is 14.7 Å². The number of nitrogens with one attached hydrogen (secondary N) is 1. The molecule has 0 amide bonds. The minimum Gasteiger partial charge on any atom is -0.328 e. The number of sulfonamides is 1. The van der Waals surface area contributed by atoms with Crippen LogP contribution in [0.1, 0.15) is 18.2 Å². The highest BCUT2D eigenvalue weighted by Gasteiger charge is 2.18. The van der Waals surface area contributed by atoms with Crippen molar-refractivity contribution in [3.63, 3.8) is 0 Å². The van der Waals surface area contributed by atoms with Crippen LogP contribution in [0.5, 0.6) is 0 Å². The Balaban J connectivity index is 0.00000256. The third-order valence-corrected chi connectivity index (χ3v) is 5.29. The molecule has 1 atom stereocenters. The van der Waals surface area contributed by atoms with E-state index in [1.165, 1.54) is 11.3 Å². The standard InChI is InChI=1S/C9H15BrN2O2S2.ClH/c1-6(11)3-4-12-16(13,14)8-5-9(10)15-7(8)2;/h5-6,12H,3-4,11H2,1-2H3;1H. The molecular formula is C9H16BrClN2O2S2.